The molecule has 41 heavy (non-hydrogen) atoms. The number of nitrogens with zero attached hydrogens (tertiary/aromatic N) is 2. The number of rotatable bonds is 1. The smallest absolute Gasteiger partial charge is 0.316 e. The average molecular weight is 564 g/mol. The summed E-state index contributed by atoms with van der Waals surface area (Å²) in [5.41, 5.74) is 4.27. The number of hydrogen-bond donors (Lipinski definition) is 3. The van der Waals surface area contributed by atoms with Crippen LogP contribution >= 0.6 is 0 Å². The van der Waals surface area contributed by atoms with Crippen LogP contribution in [0.1, 0.15) is 57.8 Å². The standard InChI is InChI=1S/C30H37N5O6/c1-17-22-10-9-20-8-7-19(14-24(20)33-22)11-12-30(3,4)29(39)41-25(21-15-40-16-21)27(37)32-18(2)28(38)35-13-5-6-23(34-35)26(36)31-17/h7-12,14,17-18,21,23,25,34H,5-6,13,15-16H2,1-4H3,(H,31,36)(H,32,37). The van der Waals surface area contributed by atoms with Crippen molar-refractivity contribution in [2.75, 3.05) is 19.8 Å². The fourth-order valence-electron chi connectivity index (χ4n) is 5.04. The van der Waals surface area contributed by atoms with Crippen molar-refractivity contribution in [3.8, 4) is 0 Å². The molecular formula is C30H37N5O6. The summed E-state index contributed by atoms with van der Waals surface area (Å²) in [6.45, 7) is 7.83. The number of esters is 1. The molecule has 5 bridgehead atoms. The van der Waals surface area contributed by atoms with Crippen LogP contribution in [-0.4, -0.2) is 71.6 Å². The van der Waals surface area contributed by atoms with Crippen LogP contribution in [0, 0.1) is 11.3 Å². The van der Waals surface area contributed by atoms with Crippen LogP contribution in [0.5, 0.6) is 0 Å². The number of fused-ring (bicyclic) bond motifs is 4. The highest BCUT2D eigenvalue weighted by molar-refractivity contribution is 5.91. The highest BCUT2D eigenvalue weighted by atomic mass is 16.6. The van der Waals surface area contributed by atoms with E-state index < -0.39 is 35.5 Å². The summed E-state index contributed by atoms with van der Waals surface area (Å²) in [5, 5.41) is 8.04. The summed E-state index contributed by atoms with van der Waals surface area (Å²) in [6, 6.07) is 7.74. The number of hydrogen-bond acceptors (Lipinski definition) is 8. The van der Waals surface area contributed by atoms with Gasteiger partial charge in [-0.1, -0.05) is 30.4 Å². The molecule has 0 spiro atoms. The molecule has 3 aliphatic heterocycles. The van der Waals surface area contributed by atoms with Crippen LogP contribution < -0.4 is 16.1 Å². The van der Waals surface area contributed by atoms with Gasteiger partial charge in [-0.15, -0.1) is 0 Å². The maximum atomic E-state index is 13.3. The molecule has 3 N–H and O–H groups in total. The number of ether oxygens (including phenoxy) is 2. The summed E-state index contributed by atoms with van der Waals surface area (Å²) in [6.07, 6.45) is 3.63. The Labute approximate surface area is 239 Å². The van der Waals surface area contributed by atoms with E-state index in [2.05, 4.69) is 16.1 Å². The van der Waals surface area contributed by atoms with Gasteiger partial charge in [0.2, 0.25) is 5.91 Å². The van der Waals surface area contributed by atoms with Gasteiger partial charge in [-0.3, -0.25) is 29.2 Å². The quantitative estimate of drug-likeness (QED) is 0.448. The Morgan fingerprint density at radius 1 is 0.976 bits per heavy atom. The predicted octanol–water partition coefficient (Wildman–Crippen LogP) is 2.02. The molecule has 2 saturated heterocycles. The largest absolute Gasteiger partial charge is 0.451 e. The Morgan fingerprint density at radius 3 is 2.44 bits per heavy atom. The zero-order chi connectivity index (χ0) is 29.3. The summed E-state index contributed by atoms with van der Waals surface area (Å²) in [7, 11) is 0. The lowest BCUT2D eigenvalue weighted by molar-refractivity contribution is -0.177. The number of carbonyl (C=O) groups excluding carboxylic acids is 4. The first-order valence-corrected chi connectivity index (χ1v) is 14.1. The topological polar surface area (TPSA) is 139 Å². The Kier molecular flexibility index (Phi) is 8.10. The van der Waals surface area contributed by atoms with Gasteiger partial charge in [0.25, 0.3) is 11.8 Å². The van der Waals surface area contributed by atoms with Gasteiger partial charge in [-0.2, -0.15) is 0 Å². The van der Waals surface area contributed by atoms with Crippen LogP contribution in [0.4, 0.5) is 0 Å². The first-order chi connectivity index (χ1) is 19.5. The van der Waals surface area contributed by atoms with Crippen LogP contribution in [-0.2, 0) is 28.7 Å². The SMILES string of the molecule is CC1NC(=O)C(C2COC2)OC(=O)C(C)(C)C=Cc2ccc3ccc(nc3c2)C(C)NC(=O)C2CCCN(N2)C1=O. The van der Waals surface area contributed by atoms with Crippen LogP contribution in [0.25, 0.3) is 17.0 Å². The Hall–Kier alpha value is -3.83. The maximum Gasteiger partial charge on any atom is 0.316 e. The molecular weight excluding hydrogens is 526 g/mol. The van der Waals surface area contributed by atoms with E-state index in [1.165, 1.54) is 5.01 Å². The fourth-order valence-corrected chi connectivity index (χ4v) is 5.04. The third-order valence-corrected chi connectivity index (χ3v) is 7.84. The van der Waals surface area contributed by atoms with Crippen molar-refractivity contribution in [3.05, 3.63) is 47.7 Å². The molecule has 11 heteroatoms. The van der Waals surface area contributed by atoms with Crippen molar-refractivity contribution in [1.29, 1.82) is 0 Å². The maximum absolute atomic E-state index is 13.3. The Bertz CT molecular complexity index is 1390. The van der Waals surface area contributed by atoms with Gasteiger partial charge >= 0.3 is 5.97 Å². The summed E-state index contributed by atoms with van der Waals surface area (Å²) in [5.74, 6) is -2.07. The first-order valence-electron chi connectivity index (χ1n) is 14.1. The second-order valence-corrected chi connectivity index (χ2v) is 11.6. The van der Waals surface area contributed by atoms with Crippen molar-refractivity contribution >= 4 is 40.7 Å². The number of nitrogens with one attached hydrogen (secondary N) is 3. The van der Waals surface area contributed by atoms with E-state index in [1.807, 2.05) is 43.3 Å². The molecule has 0 saturated carbocycles. The van der Waals surface area contributed by atoms with Gasteiger partial charge in [0.15, 0.2) is 6.10 Å². The van der Waals surface area contributed by atoms with Gasteiger partial charge in [0, 0.05) is 11.9 Å². The molecule has 1 aromatic heterocycles. The predicted molar refractivity (Wildman–Crippen MR) is 151 cm³/mol. The lowest BCUT2D eigenvalue weighted by atomic mass is 9.91. The van der Waals surface area contributed by atoms with E-state index in [0.29, 0.717) is 25.1 Å². The number of aromatic nitrogens is 1. The van der Waals surface area contributed by atoms with Gasteiger partial charge in [-0.05, 0) is 58.2 Å². The van der Waals surface area contributed by atoms with Crippen LogP contribution in [0.3, 0.4) is 0 Å². The monoisotopic (exact) mass is 563 g/mol. The molecule has 4 unspecified atom stereocenters. The van der Waals surface area contributed by atoms with Crippen molar-refractivity contribution in [3.63, 3.8) is 0 Å². The molecule has 2 aromatic rings. The fraction of sp³-hybridized carbons (Fsp3) is 0.500. The van der Waals surface area contributed by atoms with Crippen LogP contribution in [0.15, 0.2) is 36.4 Å². The number of hydrazine groups is 1. The summed E-state index contributed by atoms with van der Waals surface area (Å²) >= 11 is 0. The minimum atomic E-state index is -1.11. The van der Waals surface area contributed by atoms with Gasteiger partial charge in [-0.25, -0.2) is 5.43 Å². The molecule has 2 fully saturated rings. The van der Waals surface area contributed by atoms with Crippen molar-refractivity contribution in [2.45, 2.75) is 64.8 Å². The molecule has 4 atom stereocenters. The molecule has 0 radical (unpaired) electrons. The zero-order valence-corrected chi connectivity index (χ0v) is 23.8. The van der Waals surface area contributed by atoms with E-state index in [-0.39, 0.29) is 37.0 Å². The average Bonchev–Trinajstić information content (AvgIpc) is 2.93. The van der Waals surface area contributed by atoms with E-state index >= 15 is 0 Å². The minimum Gasteiger partial charge on any atom is -0.451 e. The van der Waals surface area contributed by atoms with E-state index in [9.17, 15) is 19.2 Å². The number of benzene rings is 1. The number of amides is 3. The Morgan fingerprint density at radius 2 is 1.71 bits per heavy atom. The molecule has 1 aromatic carbocycles. The van der Waals surface area contributed by atoms with E-state index in [4.69, 9.17) is 14.5 Å². The number of cyclic esters (lactones) is 1. The molecule has 4 heterocycles. The van der Waals surface area contributed by atoms with Crippen molar-refractivity contribution < 1.29 is 28.7 Å². The third-order valence-electron chi connectivity index (χ3n) is 7.84. The molecule has 5 rings (SSSR count). The Balaban J connectivity index is 1.48. The highest BCUT2D eigenvalue weighted by Gasteiger charge is 2.41. The molecule has 11 nitrogen and oxygen atoms in total. The third kappa shape index (κ3) is 6.25. The lowest BCUT2D eigenvalue weighted by Crippen LogP contribution is -2.61. The van der Waals surface area contributed by atoms with Crippen molar-refractivity contribution in [1.82, 2.24) is 26.1 Å². The van der Waals surface area contributed by atoms with E-state index in [1.54, 1.807) is 26.8 Å². The van der Waals surface area contributed by atoms with Crippen molar-refractivity contribution in [2.24, 2.45) is 11.3 Å². The molecule has 0 aliphatic carbocycles. The van der Waals surface area contributed by atoms with Gasteiger partial charge in [0.05, 0.1) is 41.8 Å². The lowest BCUT2D eigenvalue weighted by Gasteiger charge is -2.36. The summed E-state index contributed by atoms with van der Waals surface area (Å²) < 4.78 is 11.0. The molecule has 3 aliphatic rings. The number of carbonyl (C=O) groups is 4. The second-order valence-electron chi connectivity index (χ2n) is 11.6. The van der Waals surface area contributed by atoms with Gasteiger partial charge in [0.1, 0.15) is 12.1 Å². The first kappa shape index (κ1) is 28.7. The normalized spacial score (nSPS) is 28.0. The van der Waals surface area contributed by atoms with Gasteiger partial charge < -0.3 is 20.1 Å². The number of pyridine rings is 1. The van der Waals surface area contributed by atoms with Crippen LogP contribution in [0.2, 0.25) is 0 Å². The summed E-state index contributed by atoms with van der Waals surface area (Å²) in [4.78, 5) is 57.8. The highest BCUT2D eigenvalue weighted by Crippen LogP contribution is 2.27. The molecule has 3 amide bonds. The molecule has 218 valence electrons. The zero-order valence-electron chi connectivity index (χ0n) is 23.8. The minimum absolute atomic E-state index is 0.240. The second kappa shape index (κ2) is 11.6. The van der Waals surface area contributed by atoms with E-state index in [0.717, 1.165) is 16.5 Å².